The van der Waals surface area contributed by atoms with E-state index in [1.54, 1.807) is 19.2 Å². The van der Waals surface area contributed by atoms with Crippen LogP contribution in [0.1, 0.15) is 5.56 Å². The first-order valence-electron chi connectivity index (χ1n) is 5.17. The van der Waals surface area contributed by atoms with Crippen LogP contribution in [0.5, 0.6) is 5.75 Å². The Kier molecular flexibility index (Phi) is 6.00. The maximum Gasteiger partial charge on any atom is 0.387 e. The summed E-state index contributed by atoms with van der Waals surface area (Å²) in [6, 6.07) is 4.64. The van der Waals surface area contributed by atoms with E-state index in [2.05, 4.69) is 31.3 Å². The highest BCUT2D eigenvalue weighted by molar-refractivity contribution is 9.10. The third-order valence-corrected chi connectivity index (χ3v) is 2.55. The van der Waals surface area contributed by atoms with Gasteiger partial charge in [0, 0.05) is 16.6 Å². The molecule has 0 saturated carbocycles. The average Bonchev–Trinajstić information content (AvgIpc) is 2.29. The van der Waals surface area contributed by atoms with Crippen LogP contribution in [0, 0.1) is 0 Å². The summed E-state index contributed by atoms with van der Waals surface area (Å²) in [6.45, 7) is -2.60. The second-order valence-electron chi connectivity index (χ2n) is 3.44. The summed E-state index contributed by atoms with van der Waals surface area (Å²) in [6.07, 6.45) is 0. The number of ether oxygens (including phenoxy) is 1. The fraction of sp³-hybridized carbons (Fsp3) is 0.364. The van der Waals surface area contributed by atoms with Crippen molar-refractivity contribution in [3.05, 3.63) is 28.2 Å². The molecular formula is C11H13BrF2N2O2. The molecule has 2 N–H and O–H groups in total. The Balaban J connectivity index is 2.72. The van der Waals surface area contributed by atoms with Crippen LogP contribution in [0.4, 0.5) is 8.78 Å². The zero-order chi connectivity index (χ0) is 13.5. The van der Waals surface area contributed by atoms with Gasteiger partial charge < -0.3 is 15.4 Å². The number of hydrogen-bond acceptors (Lipinski definition) is 3. The van der Waals surface area contributed by atoms with Gasteiger partial charge in [-0.25, -0.2) is 0 Å². The predicted octanol–water partition coefficient (Wildman–Crippen LogP) is 1.89. The summed E-state index contributed by atoms with van der Waals surface area (Å²) in [5.74, 6) is -0.168. The lowest BCUT2D eigenvalue weighted by Gasteiger charge is -2.12. The van der Waals surface area contributed by atoms with Crippen LogP contribution in [0.15, 0.2) is 22.7 Å². The second kappa shape index (κ2) is 7.27. The summed E-state index contributed by atoms with van der Waals surface area (Å²) in [5, 5.41) is 5.28. The van der Waals surface area contributed by atoms with Crippen LogP contribution in [0.2, 0.25) is 0 Å². The molecular weight excluding hydrogens is 310 g/mol. The van der Waals surface area contributed by atoms with E-state index >= 15 is 0 Å². The van der Waals surface area contributed by atoms with Crippen molar-refractivity contribution < 1.29 is 18.3 Å². The monoisotopic (exact) mass is 322 g/mol. The molecule has 0 radical (unpaired) electrons. The number of benzene rings is 1. The zero-order valence-corrected chi connectivity index (χ0v) is 11.3. The van der Waals surface area contributed by atoms with Gasteiger partial charge in [-0.1, -0.05) is 15.9 Å². The fourth-order valence-corrected chi connectivity index (χ4v) is 1.72. The highest BCUT2D eigenvalue weighted by atomic mass is 79.9. The van der Waals surface area contributed by atoms with Crippen LogP contribution in [-0.4, -0.2) is 26.1 Å². The molecule has 0 aromatic heterocycles. The van der Waals surface area contributed by atoms with E-state index in [-0.39, 0.29) is 24.7 Å². The van der Waals surface area contributed by atoms with Crippen molar-refractivity contribution in [1.29, 1.82) is 0 Å². The van der Waals surface area contributed by atoms with E-state index in [0.29, 0.717) is 5.56 Å². The molecule has 0 heterocycles. The molecule has 0 bridgehead atoms. The van der Waals surface area contributed by atoms with Crippen molar-refractivity contribution >= 4 is 21.8 Å². The summed E-state index contributed by atoms with van der Waals surface area (Å²) in [4.78, 5) is 11.3. The quantitative estimate of drug-likeness (QED) is 0.841. The lowest BCUT2D eigenvalue weighted by Crippen LogP contribution is -2.31. The summed E-state index contributed by atoms with van der Waals surface area (Å²) in [5.41, 5.74) is 0.481. The number of hydrogen-bond donors (Lipinski definition) is 2. The lowest BCUT2D eigenvalue weighted by atomic mass is 10.2. The van der Waals surface area contributed by atoms with E-state index in [0.717, 1.165) is 4.47 Å². The van der Waals surface area contributed by atoms with Crippen molar-refractivity contribution in [2.24, 2.45) is 0 Å². The van der Waals surface area contributed by atoms with Gasteiger partial charge in [0.05, 0.1) is 6.54 Å². The predicted molar refractivity (Wildman–Crippen MR) is 66.5 cm³/mol. The fourth-order valence-electron chi connectivity index (χ4n) is 1.31. The molecule has 7 heteroatoms. The SMILES string of the molecule is CNCC(=O)NCc1cc(Br)ccc1OC(F)F. The highest BCUT2D eigenvalue weighted by Crippen LogP contribution is 2.24. The summed E-state index contributed by atoms with van der Waals surface area (Å²) >= 11 is 3.23. The first-order chi connectivity index (χ1) is 8.52. The van der Waals surface area contributed by atoms with Crippen molar-refractivity contribution in [3.8, 4) is 5.75 Å². The van der Waals surface area contributed by atoms with Crippen LogP contribution < -0.4 is 15.4 Å². The second-order valence-corrected chi connectivity index (χ2v) is 4.35. The minimum Gasteiger partial charge on any atom is -0.434 e. The maximum absolute atomic E-state index is 12.2. The largest absolute Gasteiger partial charge is 0.434 e. The minimum atomic E-state index is -2.89. The molecule has 1 aromatic rings. The summed E-state index contributed by atoms with van der Waals surface area (Å²) < 4.78 is 29.5. The molecule has 0 fully saturated rings. The first-order valence-corrected chi connectivity index (χ1v) is 5.96. The van der Waals surface area contributed by atoms with Gasteiger partial charge in [0.15, 0.2) is 0 Å². The van der Waals surface area contributed by atoms with E-state index in [1.807, 2.05) is 0 Å². The summed E-state index contributed by atoms with van der Waals surface area (Å²) in [7, 11) is 1.64. The van der Waals surface area contributed by atoms with E-state index in [4.69, 9.17) is 0 Å². The van der Waals surface area contributed by atoms with Crippen LogP contribution in [-0.2, 0) is 11.3 Å². The molecule has 1 amide bonds. The Bertz CT molecular complexity index is 416. The number of alkyl halides is 2. The van der Waals surface area contributed by atoms with E-state index in [9.17, 15) is 13.6 Å². The molecule has 0 spiro atoms. The highest BCUT2D eigenvalue weighted by Gasteiger charge is 2.11. The first kappa shape index (κ1) is 14.8. The average molecular weight is 323 g/mol. The number of halogens is 3. The molecule has 0 unspecified atom stereocenters. The lowest BCUT2D eigenvalue weighted by molar-refractivity contribution is -0.120. The number of likely N-dealkylation sites (N-methyl/N-ethyl adjacent to an activating group) is 1. The Morgan fingerprint density at radius 3 is 2.83 bits per heavy atom. The molecule has 0 aliphatic rings. The van der Waals surface area contributed by atoms with Gasteiger partial charge in [0.1, 0.15) is 5.75 Å². The van der Waals surface area contributed by atoms with Crippen molar-refractivity contribution in [2.75, 3.05) is 13.6 Å². The van der Waals surface area contributed by atoms with Gasteiger partial charge in [0.25, 0.3) is 0 Å². The zero-order valence-electron chi connectivity index (χ0n) is 9.67. The topological polar surface area (TPSA) is 50.4 Å². The Morgan fingerprint density at radius 2 is 2.22 bits per heavy atom. The van der Waals surface area contributed by atoms with Gasteiger partial charge in [-0.05, 0) is 25.2 Å². The minimum absolute atomic E-state index is 0.0537. The Labute approximate surface area is 112 Å². The van der Waals surface area contributed by atoms with Crippen molar-refractivity contribution in [3.63, 3.8) is 0 Å². The molecule has 1 aromatic carbocycles. The molecule has 4 nitrogen and oxygen atoms in total. The van der Waals surface area contributed by atoms with Crippen molar-refractivity contribution in [2.45, 2.75) is 13.2 Å². The van der Waals surface area contributed by atoms with Gasteiger partial charge >= 0.3 is 6.61 Å². The number of carbonyl (C=O) groups is 1. The Hall–Kier alpha value is -1.21. The van der Waals surface area contributed by atoms with E-state index in [1.165, 1.54) is 6.07 Å². The number of rotatable bonds is 6. The third kappa shape index (κ3) is 4.97. The Morgan fingerprint density at radius 1 is 1.50 bits per heavy atom. The molecule has 0 atom stereocenters. The number of amides is 1. The van der Waals surface area contributed by atoms with Gasteiger partial charge in [-0.2, -0.15) is 8.78 Å². The normalized spacial score (nSPS) is 10.5. The maximum atomic E-state index is 12.2. The third-order valence-electron chi connectivity index (χ3n) is 2.05. The van der Waals surface area contributed by atoms with Crippen LogP contribution in [0.3, 0.4) is 0 Å². The van der Waals surface area contributed by atoms with Gasteiger partial charge in [-0.15, -0.1) is 0 Å². The smallest absolute Gasteiger partial charge is 0.387 e. The van der Waals surface area contributed by atoms with Gasteiger partial charge in [-0.3, -0.25) is 4.79 Å². The van der Waals surface area contributed by atoms with E-state index < -0.39 is 6.61 Å². The molecule has 0 aliphatic carbocycles. The van der Waals surface area contributed by atoms with Crippen molar-refractivity contribution in [1.82, 2.24) is 10.6 Å². The number of nitrogens with one attached hydrogen (secondary N) is 2. The molecule has 0 aliphatic heterocycles. The molecule has 100 valence electrons. The molecule has 1 rings (SSSR count). The number of carbonyl (C=O) groups excluding carboxylic acids is 1. The molecule has 0 saturated heterocycles. The van der Waals surface area contributed by atoms with Crippen LogP contribution in [0.25, 0.3) is 0 Å². The van der Waals surface area contributed by atoms with Crippen LogP contribution >= 0.6 is 15.9 Å². The molecule has 18 heavy (non-hydrogen) atoms. The standard InChI is InChI=1S/C11H13BrF2N2O2/c1-15-6-10(17)16-5-7-4-8(12)2-3-9(7)18-11(13)14/h2-4,11,15H,5-6H2,1H3,(H,16,17). The van der Waals surface area contributed by atoms with Gasteiger partial charge in [0.2, 0.25) is 5.91 Å².